The van der Waals surface area contributed by atoms with Crippen molar-refractivity contribution in [2.75, 3.05) is 11.9 Å². The second kappa shape index (κ2) is 16.2. The summed E-state index contributed by atoms with van der Waals surface area (Å²) < 4.78 is 8.50. The predicted molar refractivity (Wildman–Crippen MR) is 141 cm³/mol. The van der Waals surface area contributed by atoms with Gasteiger partial charge in [-0.1, -0.05) is 102 Å². The van der Waals surface area contributed by atoms with Crippen molar-refractivity contribution >= 4 is 11.8 Å². The highest BCUT2D eigenvalue weighted by molar-refractivity contribution is 5.85. The van der Waals surface area contributed by atoms with Gasteiger partial charge in [-0.05, 0) is 31.9 Å². The van der Waals surface area contributed by atoms with Crippen molar-refractivity contribution in [3.63, 3.8) is 0 Å². The molecule has 0 aliphatic heterocycles. The van der Waals surface area contributed by atoms with Crippen LogP contribution in [0.1, 0.15) is 103 Å². The van der Waals surface area contributed by atoms with Crippen molar-refractivity contribution in [3.8, 4) is 5.69 Å². The molecule has 0 unspecified atom stereocenters. The molecule has 2 rings (SSSR count). The minimum absolute atomic E-state index is 0.230. The lowest BCUT2D eigenvalue weighted by Crippen LogP contribution is -2.23. The fourth-order valence-electron chi connectivity index (χ4n) is 4.50. The van der Waals surface area contributed by atoms with Crippen molar-refractivity contribution in [2.24, 2.45) is 7.05 Å². The number of para-hydroxylation sites is 1. The molecule has 1 N–H and O–H groups in total. The Hall–Kier alpha value is -2.50. The summed E-state index contributed by atoms with van der Waals surface area (Å²) in [6.07, 6.45) is 17.0. The highest BCUT2D eigenvalue weighted by Crippen LogP contribution is 2.19. The van der Waals surface area contributed by atoms with Gasteiger partial charge >= 0.3 is 6.09 Å². The Balaban J connectivity index is 1.83. The second-order valence-corrected chi connectivity index (χ2v) is 9.14. The summed E-state index contributed by atoms with van der Waals surface area (Å²) in [5, 5.41) is 2.69. The summed E-state index contributed by atoms with van der Waals surface area (Å²) in [4.78, 5) is 25.2. The standard InChI is InChI=1S/C28H45N3O3/c1-4-6-7-8-9-10-11-12-13-14-15-16-20-23-25-26(29-28(33)34-5-2)27(32)31(30(25)3)24-21-18-17-19-22-24/h17-19,21-22H,4-16,20,23H2,1-3H3,(H,29,33). The fourth-order valence-corrected chi connectivity index (χ4v) is 4.50. The molecule has 0 bridgehead atoms. The summed E-state index contributed by atoms with van der Waals surface area (Å²) in [7, 11) is 1.88. The number of hydrogen-bond acceptors (Lipinski definition) is 3. The maximum atomic E-state index is 13.2. The molecule has 0 spiro atoms. The number of nitrogens with one attached hydrogen (secondary N) is 1. The molecule has 1 aromatic carbocycles. The highest BCUT2D eigenvalue weighted by atomic mass is 16.5. The van der Waals surface area contributed by atoms with E-state index >= 15 is 0 Å². The zero-order valence-electron chi connectivity index (χ0n) is 21.6. The van der Waals surface area contributed by atoms with Crippen LogP contribution in [0.2, 0.25) is 0 Å². The highest BCUT2D eigenvalue weighted by Gasteiger charge is 2.21. The summed E-state index contributed by atoms with van der Waals surface area (Å²) in [5.74, 6) is 0. The molecule has 34 heavy (non-hydrogen) atoms. The van der Waals surface area contributed by atoms with Crippen molar-refractivity contribution in [3.05, 3.63) is 46.4 Å². The number of amides is 1. The van der Waals surface area contributed by atoms with E-state index in [1.165, 1.54) is 70.6 Å². The van der Waals surface area contributed by atoms with Gasteiger partial charge in [0, 0.05) is 7.05 Å². The molecule has 6 heteroatoms. The molecule has 1 aromatic heterocycles. The van der Waals surface area contributed by atoms with Crippen LogP contribution in [0.3, 0.4) is 0 Å². The Labute approximate surface area is 205 Å². The second-order valence-electron chi connectivity index (χ2n) is 9.14. The van der Waals surface area contributed by atoms with E-state index in [0.717, 1.165) is 30.6 Å². The number of anilines is 1. The van der Waals surface area contributed by atoms with E-state index in [-0.39, 0.29) is 12.2 Å². The molecule has 6 nitrogen and oxygen atoms in total. The topological polar surface area (TPSA) is 65.3 Å². The Morgan fingerprint density at radius 1 is 0.824 bits per heavy atom. The summed E-state index contributed by atoms with van der Waals surface area (Å²) in [5.41, 5.74) is 1.71. The van der Waals surface area contributed by atoms with Crippen LogP contribution in [0.4, 0.5) is 10.5 Å². The SMILES string of the molecule is CCCCCCCCCCCCCCCc1c(NC(=O)OCC)c(=O)n(-c2ccccc2)n1C. The Kier molecular flexibility index (Phi) is 13.2. The third-order valence-electron chi connectivity index (χ3n) is 6.41. The molecule has 0 aliphatic carbocycles. The van der Waals surface area contributed by atoms with E-state index < -0.39 is 6.09 Å². The number of aromatic nitrogens is 2. The van der Waals surface area contributed by atoms with E-state index in [9.17, 15) is 9.59 Å². The lowest BCUT2D eigenvalue weighted by atomic mass is 10.0. The lowest BCUT2D eigenvalue weighted by molar-refractivity contribution is 0.168. The minimum Gasteiger partial charge on any atom is -0.450 e. The molecule has 2 aromatic rings. The number of carbonyl (C=O) groups excluding carboxylic acids is 1. The van der Waals surface area contributed by atoms with Gasteiger partial charge in [-0.25, -0.2) is 9.48 Å². The van der Waals surface area contributed by atoms with Crippen LogP contribution in [0.15, 0.2) is 35.1 Å². The van der Waals surface area contributed by atoms with Crippen LogP contribution >= 0.6 is 0 Å². The molecular formula is C28H45N3O3. The first-order valence-corrected chi connectivity index (χ1v) is 13.4. The van der Waals surface area contributed by atoms with Crippen LogP contribution in [0.5, 0.6) is 0 Å². The molecule has 1 amide bonds. The van der Waals surface area contributed by atoms with E-state index in [1.54, 1.807) is 11.6 Å². The molecule has 0 atom stereocenters. The van der Waals surface area contributed by atoms with Crippen molar-refractivity contribution in [1.82, 2.24) is 9.36 Å². The maximum absolute atomic E-state index is 13.2. The Morgan fingerprint density at radius 3 is 1.88 bits per heavy atom. The third kappa shape index (κ3) is 9.03. The van der Waals surface area contributed by atoms with Gasteiger partial charge in [-0.3, -0.25) is 14.8 Å². The number of carbonyl (C=O) groups is 1. The largest absolute Gasteiger partial charge is 0.450 e. The van der Waals surface area contributed by atoms with Crippen molar-refractivity contribution < 1.29 is 9.53 Å². The van der Waals surface area contributed by atoms with Gasteiger partial charge in [0.15, 0.2) is 0 Å². The number of benzene rings is 1. The minimum atomic E-state index is -0.586. The number of hydrogen-bond donors (Lipinski definition) is 1. The monoisotopic (exact) mass is 471 g/mol. The van der Waals surface area contributed by atoms with Crippen LogP contribution in [-0.4, -0.2) is 22.1 Å². The summed E-state index contributed by atoms with van der Waals surface area (Å²) >= 11 is 0. The van der Waals surface area contributed by atoms with Gasteiger partial charge < -0.3 is 4.74 Å². The quantitative estimate of drug-likeness (QED) is 0.245. The van der Waals surface area contributed by atoms with E-state index in [1.807, 2.05) is 42.1 Å². The maximum Gasteiger partial charge on any atom is 0.411 e. The van der Waals surface area contributed by atoms with Gasteiger partial charge in [-0.15, -0.1) is 0 Å². The fraction of sp³-hybridized carbons (Fsp3) is 0.643. The van der Waals surface area contributed by atoms with Crippen LogP contribution in [0.25, 0.3) is 5.69 Å². The smallest absolute Gasteiger partial charge is 0.411 e. The normalized spacial score (nSPS) is 11.0. The number of ether oxygens (including phenoxy) is 1. The Morgan fingerprint density at radius 2 is 1.35 bits per heavy atom. The molecule has 0 fully saturated rings. The predicted octanol–water partition coefficient (Wildman–Crippen LogP) is 7.38. The van der Waals surface area contributed by atoms with E-state index in [4.69, 9.17) is 4.74 Å². The summed E-state index contributed by atoms with van der Waals surface area (Å²) in [6.45, 7) is 4.28. The van der Waals surface area contributed by atoms with Crippen LogP contribution in [0, 0.1) is 0 Å². The number of unbranched alkanes of at least 4 members (excludes halogenated alkanes) is 12. The summed E-state index contributed by atoms with van der Waals surface area (Å²) in [6, 6.07) is 9.51. The zero-order valence-corrected chi connectivity index (χ0v) is 21.6. The molecule has 0 saturated carbocycles. The Bertz CT molecular complexity index is 886. The first-order valence-electron chi connectivity index (χ1n) is 13.4. The van der Waals surface area contributed by atoms with Gasteiger partial charge in [0.2, 0.25) is 0 Å². The third-order valence-corrected chi connectivity index (χ3v) is 6.41. The molecule has 1 heterocycles. The van der Waals surface area contributed by atoms with Gasteiger partial charge in [0.25, 0.3) is 5.56 Å². The van der Waals surface area contributed by atoms with Crippen LogP contribution in [-0.2, 0) is 18.2 Å². The molecule has 0 saturated heterocycles. The average Bonchev–Trinajstić information content (AvgIpc) is 3.06. The van der Waals surface area contributed by atoms with E-state index in [2.05, 4.69) is 12.2 Å². The number of nitrogens with zero attached hydrogens (tertiary/aromatic N) is 2. The van der Waals surface area contributed by atoms with Crippen molar-refractivity contribution in [1.29, 1.82) is 0 Å². The van der Waals surface area contributed by atoms with E-state index in [0.29, 0.717) is 5.69 Å². The van der Waals surface area contributed by atoms with Crippen LogP contribution < -0.4 is 10.9 Å². The van der Waals surface area contributed by atoms with Crippen molar-refractivity contribution in [2.45, 2.75) is 104 Å². The van der Waals surface area contributed by atoms with Gasteiger partial charge in [0.05, 0.1) is 18.0 Å². The number of rotatable bonds is 17. The average molecular weight is 472 g/mol. The first kappa shape index (κ1) is 27.7. The van der Waals surface area contributed by atoms with Gasteiger partial charge in [-0.2, -0.15) is 0 Å². The molecule has 0 aliphatic rings. The molecular weight excluding hydrogens is 426 g/mol. The molecule has 190 valence electrons. The molecule has 0 radical (unpaired) electrons. The van der Waals surface area contributed by atoms with Gasteiger partial charge in [0.1, 0.15) is 5.69 Å². The zero-order chi connectivity index (χ0) is 24.6. The lowest BCUT2D eigenvalue weighted by Gasteiger charge is -2.10. The first-order chi connectivity index (χ1) is 16.6.